The van der Waals surface area contributed by atoms with Crippen molar-refractivity contribution >= 4 is 5.91 Å². The fourth-order valence-corrected chi connectivity index (χ4v) is 2.84. The number of hydrogen-bond donors (Lipinski definition) is 2. The van der Waals surface area contributed by atoms with E-state index in [1.54, 1.807) is 12.4 Å². The van der Waals surface area contributed by atoms with Gasteiger partial charge in [-0.05, 0) is 30.2 Å². The van der Waals surface area contributed by atoms with Gasteiger partial charge >= 0.3 is 0 Å². The number of aromatic nitrogens is 2. The summed E-state index contributed by atoms with van der Waals surface area (Å²) < 4.78 is 5.44. The van der Waals surface area contributed by atoms with E-state index in [2.05, 4.69) is 15.3 Å². The summed E-state index contributed by atoms with van der Waals surface area (Å²) in [6.07, 6.45) is 4.46. The molecule has 0 saturated heterocycles. The summed E-state index contributed by atoms with van der Waals surface area (Å²) in [5, 5.41) is 3.13. The minimum atomic E-state index is -0.127. The number of ether oxygens (including phenoxy) is 1. The van der Waals surface area contributed by atoms with Gasteiger partial charge in [0.2, 0.25) is 5.91 Å². The topological polar surface area (TPSA) is 67.0 Å². The van der Waals surface area contributed by atoms with E-state index in [9.17, 15) is 4.79 Å². The second-order valence-electron chi connectivity index (χ2n) is 6.02. The van der Waals surface area contributed by atoms with Gasteiger partial charge in [-0.3, -0.25) is 4.79 Å². The molecule has 2 N–H and O–H groups in total. The lowest BCUT2D eigenvalue weighted by Crippen LogP contribution is -2.31. The Morgan fingerprint density at radius 2 is 1.92 bits per heavy atom. The van der Waals surface area contributed by atoms with Crippen molar-refractivity contribution in [2.75, 3.05) is 6.61 Å². The van der Waals surface area contributed by atoms with Crippen LogP contribution in [0, 0.1) is 0 Å². The fraction of sp³-hybridized carbons (Fsp3) is 0.238. The van der Waals surface area contributed by atoms with Crippen LogP contribution in [-0.4, -0.2) is 22.5 Å². The summed E-state index contributed by atoms with van der Waals surface area (Å²) in [4.78, 5) is 19.9. The maximum absolute atomic E-state index is 12.6. The molecule has 26 heavy (non-hydrogen) atoms. The molecule has 0 fully saturated rings. The number of amides is 1. The molecule has 2 aromatic carbocycles. The van der Waals surface area contributed by atoms with Crippen molar-refractivity contribution in [1.82, 2.24) is 15.3 Å². The molecule has 0 radical (unpaired) electrons. The Morgan fingerprint density at radius 3 is 2.58 bits per heavy atom. The largest absolute Gasteiger partial charge is 0.494 e. The van der Waals surface area contributed by atoms with E-state index in [-0.39, 0.29) is 11.9 Å². The van der Waals surface area contributed by atoms with Crippen LogP contribution in [0.5, 0.6) is 5.75 Å². The number of benzene rings is 2. The summed E-state index contributed by atoms with van der Waals surface area (Å²) in [7, 11) is 0. The van der Waals surface area contributed by atoms with Gasteiger partial charge < -0.3 is 15.0 Å². The number of H-pyrrole nitrogens is 1. The third-order valence-corrected chi connectivity index (χ3v) is 4.09. The third-order valence-electron chi connectivity index (χ3n) is 4.09. The first-order valence-corrected chi connectivity index (χ1v) is 8.79. The average Bonchev–Trinajstić information content (AvgIpc) is 3.17. The molecule has 0 saturated carbocycles. The van der Waals surface area contributed by atoms with Gasteiger partial charge in [-0.1, -0.05) is 42.5 Å². The van der Waals surface area contributed by atoms with Gasteiger partial charge in [0.25, 0.3) is 0 Å². The van der Waals surface area contributed by atoms with Gasteiger partial charge in [-0.2, -0.15) is 0 Å². The fourth-order valence-electron chi connectivity index (χ4n) is 2.84. The van der Waals surface area contributed by atoms with Gasteiger partial charge in [-0.25, -0.2) is 4.98 Å². The lowest BCUT2D eigenvalue weighted by atomic mass is 10.0. The maximum Gasteiger partial charge on any atom is 0.224 e. The number of imidazole rings is 1. The first kappa shape index (κ1) is 17.7. The first-order valence-electron chi connectivity index (χ1n) is 8.79. The SMILES string of the molecule is CCOc1ccc(CC(=O)N[C@H](Cc2ncc[nH]2)c2ccccc2)cc1. The molecule has 0 aliphatic heterocycles. The van der Waals surface area contributed by atoms with Crippen LogP contribution in [-0.2, 0) is 17.6 Å². The van der Waals surface area contributed by atoms with Crippen molar-refractivity contribution in [2.45, 2.75) is 25.8 Å². The number of carbonyl (C=O) groups is 1. The van der Waals surface area contributed by atoms with E-state index in [1.165, 1.54) is 0 Å². The minimum absolute atomic E-state index is 0.0189. The highest BCUT2D eigenvalue weighted by atomic mass is 16.5. The van der Waals surface area contributed by atoms with Crippen molar-refractivity contribution < 1.29 is 9.53 Å². The number of carbonyl (C=O) groups excluding carboxylic acids is 1. The quantitative estimate of drug-likeness (QED) is 0.654. The monoisotopic (exact) mass is 349 g/mol. The first-order chi connectivity index (χ1) is 12.7. The standard InChI is InChI=1S/C21H23N3O2/c1-2-26-18-10-8-16(9-11-18)14-21(25)24-19(15-20-22-12-13-23-20)17-6-4-3-5-7-17/h3-13,19H,2,14-15H2,1H3,(H,22,23)(H,24,25)/t19-/m1/s1. The van der Waals surface area contributed by atoms with Crippen LogP contribution >= 0.6 is 0 Å². The van der Waals surface area contributed by atoms with Crippen LogP contribution in [0.2, 0.25) is 0 Å². The van der Waals surface area contributed by atoms with Crippen molar-refractivity contribution in [3.63, 3.8) is 0 Å². The van der Waals surface area contributed by atoms with Gasteiger partial charge in [0.15, 0.2) is 0 Å². The summed E-state index contributed by atoms with van der Waals surface area (Å²) >= 11 is 0. The van der Waals surface area contributed by atoms with Gasteiger partial charge in [0.05, 0.1) is 19.1 Å². The Kier molecular flexibility index (Phi) is 6.04. The highest BCUT2D eigenvalue weighted by molar-refractivity contribution is 5.79. The highest BCUT2D eigenvalue weighted by Gasteiger charge is 2.16. The summed E-state index contributed by atoms with van der Waals surface area (Å²) in [5.41, 5.74) is 2.01. The van der Waals surface area contributed by atoms with E-state index in [0.717, 1.165) is 22.7 Å². The zero-order chi connectivity index (χ0) is 18.2. The van der Waals surface area contributed by atoms with Gasteiger partial charge in [-0.15, -0.1) is 0 Å². The van der Waals surface area contributed by atoms with Crippen LogP contribution in [0.1, 0.15) is 29.9 Å². The smallest absolute Gasteiger partial charge is 0.224 e. The molecule has 5 nitrogen and oxygen atoms in total. The van der Waals surface area contributed by atoms with Crippen molar-refractivity contribution in [3.05, 3.63) is 83.9 Å². The van der Waals surface area contributed by atoms with Crippen LogP contribution in [0.25, 0.3) is 0 Å². The summed E-state index contributed by atoms with van der Waals surface area (Å²) in [6.45, 7) is 2.58. The molecule has 1 aromatic heterocycles. The molecule has 134 valence electrons. The lowest BCUT2D eigenvalue weighted by molar-refractivity contribution is -0.121. The van der Waals surface area contributed by atoms with Crippen molar-refractivity contribution in [2.24, 2.45) is 0 Å². The zero-order valence-corrected chi connectivity index (χ0v) is 14.8. The predicted octanol–water partition coefficient (Wildman–Crippen LogP) is 3.45. The average molecular weight is 349 g/mol. The van der Waals surface area contributed by atoms with Crippen LogP contribution in [0.4, 0.5) is 0 Å². The molecule has 0 spiro atoms. The Morgan fingerprint density at radius 1 is 1.15 bits per heavy atom. The van der Waals surface area contributed by atoms with Gasteiger partial charge in [0.1, 0.15) is 11.6 Å². The van der Waals surface area contributed by atoms with E-state index in [4.69, 9.17) is 4.74 Å². The van der Waals surface area contributed by atoms with Crippen molar-refractivity contribution in [1.29, 1.82) is 0 Å². The summed E-state index contributed by atoms with van der Waals surface area (Å²) in [6, 6.07) is 17.5. The molecule has 0 unspecified atom stereocenters. The molecule has 5 heteroatoms. The second-order valence-corrected chi connectivity index (χ2v) is 6.02. The summed E-state index contributed by atoms with van der Waals surface area (Å²) in [5.74, 6) is 1.64. The molecule has 1 heterocycles. The Hall–Kier alpha value is -3.08. The molecule has 0 aliphatic carbocycles. The maximum atomic E-state index is 12.6. The van der Waals surface area contributed by atoms with Crippen LogP contribution in [0.15, 0.2) is 67.0 Å². The molecular formula is C21H23N3O2. The molecule has 1 amide bonds. The van der Waals surface area contributed by atoms with Gasteiger partial charge in [0, 0.05) is 18.8 Å². The second kappa shape index (κ2) is 8.85. The van der Waals surface area contributed by atoms with E-state index in [0.29, 0.717) is 19.4 Å². The number of rotatable bonds is 8. The third kappa shape index (κ3) is 4.96. The minimum Gasteiger partial charge on any atom is -0.494 e. The zero-order valence-electron chi connectivity index (χ0n) is 14.8. The van der Waals surface area contributed by atoms with Crippen molar-refractivity contribution in [3.8, 4) is 5.75 Å². The number of hydrogen-bond acceptors (Lipinski definition) is 3. The molecule has 3 rings (SSSR count). The van der Waals surface area contributed by atoms with E-state index in [1.807, 2.05) is 61.5 Å². The predicted molar refractivity (Wildman–Crippen MR) is 101 cm³/mol. The Bertz CT molecular complexity index is 799. The molecule has 0 bridgehead atoms. The van der Waals surface area contributed by atoms with Crippen LogP contribution in [0.3, 0.4) is 0 Å². The molecule has 3 aromatic rings. The van der Waals surface area contributed by atoms with E-state index < -0.39 is 0 Å². The van der Waals surface area contributed by atoms with Crippen LogP contribution < -0.4 is 10.1 Å². The van der Waals surface area contributed by atoms with E-state index >= 15 is 0 Å². The molecular weight excluding hydrogens is 326 g/mol. The number of nitrogens with one attached hydrogen (secondary N) is 2. The number of nitrogens with zero attached hydrogens (tertiary/aromatic N) is 1. The molecule has 1 atom stereocenters. The Balaban J connectivity index is 1.66. The Labute approximate surface area is 153 Å². The number of aromatic amines is 1. The normalized spacial score (nSPS) is 11.7. The molecule has 0 aliphatic rings. The lowest BCUT2D eigenvalue weighted by Gasteiger charge is -2.18. The highest BCUT2D eigenvalue weighted by Crippen LogP contribution is 2.18.